The molecule has 1 aliphatic rings. The third-order valence-corrected chi connectivity index (χ3v) is 8.11. The van der Waals surface area contributed by atoms with Crippen LogP contribution in [0.3, 0.4) is 0 Å². The molecule has 0 aliphatic carbocycles. The summed E-state index contributed by atoms with van der Waals surface area (Å²) in [6, 6.07) is 13.3. The van der Waals surface area contributed by atoms with Crippen LogP contribution >= 0.6 is 0 Å². The van der Waals surface area contributed by atoms with Gasteiger partial charge in [-0.2, -0.15) is 4.31 Å². The average Bonchev–Trinajstić information content (AvgIpc) is 3.09. The van der Waals surface area contributed by atoms with Gasteiger partial charge in [0.15, 0.2) is 0 Å². The monoisotopic (exact) mass is 402 g/mol. The van der Waals surface area contributed by atoms with E-state index in [9.17, 15) is 18.5 Å². The van der Waals surface area contributed by atoms with Gasteiger partial charge in [-0.05, 0) is 55.4 Å². The summed E-state index contributed by atoms with van der Waals surface area (Å²) < 4.78 is 28.6. The van der Waals surface area contributed by atoms with Gasteiger partial charge in [-0.1, -0.05) is 38.1 Å². The molecule has 1 unspecified atom stereocenters. The SMILES string of the molecule is CCC1(CC)CC(c2ccccc2C)CN1S(=O)(=O)c1ccc([N+](=O)[O-])cc1. The van der Waals surface area contributed by atoms with Crippen molar-refractivity contribution in [3.63, 3.8) is 0 Å². The van der Waals surface area contributed by atoms with Crippen LogP contribution in [0.25, 0.3) is 0 Å². The third-order valence-electron chi connectivity index (χ3n) is 6.12. The second kappa shape index (κ2) is 7.64. The summed E-state index contributed by atoms with van der Waals surface area (Å²) in [7, 11) is -3.76. The summed E-state index contributed by atoms with van der Waals surface area (Å²) in [6.07, 6.45) is 2.22. The van der Waals surface area contributed by atoms with Crippen molar-refractivity contribution >= 4 is 15.7 Å². The summed E-state index contributed by atoms with van der Waals surface area (Å²) in [5.74, 6) is 0.133. The normalized spacial score (nSPS) is 19.6. The van der Waals surface area contributed by atoms with Gasteiger partial charge in [0.05, 0.1) is 9.82 Å². The first-order valence-corrected chi connectivity index (χ1v) is 11.0. The minimum atomic E-state index is -3.76. The highest BCUT2D eigenvalue weighted by Gasteiger charge is 2.49. The Bertz CT molecular complexity index is 966. The van der Waals surface area contributed by atoms with E-state index in [0.717, 1.165) is 19.3 Å². The van der Waals surface area contributed by atoms with Crippen molar-refractivity contribution in [2.45, 2.75) is 56.4 Å². The Morgan fingerprint density at radius 1 is 1.11 bits per heavy atom. The Balaban J connectivity index is 2.02. The van der Waals surface area contributed by atoms with Gasteiger partial charge in [0.1, 0.15) is 0 Å². The molecule has 0 aromatic heterocycles. The quantitative estimate of drug-likeness (QED) is 0.521. The van der Waals surface area contributed by atoms with Crippen LogP contribution in [0.1, 0.15) is 50.2 Å². The highest BCUT2D eigenvalue weighted by Crippen LogP contribution is 2.46. The molecule has 0 N–H and O–H groups in total. The lowest BCUT2D eigenvalue weighted by molar-refractivity contribution is -0.384. The predicted molar refractivity (Wildman–Crippen MR) is 109 cm³/mol. The lowest BCUT2D eigenvalue weighted by atomic mass is 9.84. The van der Waals surface area contributed by atoms with E-state index in [1.54, 1.807) is 4.31 Å². The molecule has 150 valence electrons. The standard InChI is InChI=1S/C21H26N2O4S/c1-4-21(5-2)14-17(20-9-7-6-8-16(20)3)15-22(21)28(26,27)19-12-10-18(11-13-19)23(24)25/h6-13,17H,4-5,14-15H2,1-3H3. The van der Waals surface area contributed by atoms with E-state index in [4.69, 9.17) is 0 Å². The summed E-state index contributed by atoms with van der Waals surface area (Å²) in [5.41, 5.74) is 1.79. The Morgan fingerprint density at radius 2 is 1.71 bits per heavy atom. The van der Waals surface area contributed by atoms with Crippen molar-refractivity contribution in [3.05, 3.63) is 69.8 Å². The molecule has 0 amide bonds. The molecule has 2 aromatic rings. The maximum absolute atomic E-state index is 13.5. The van der Waals surface area contributed by atoms with Crippen molar-refractivity contribution in [1.82, 2.24) is 4.31 Å². The Kier molecular flexibility index (Phi) is 5.59. The molecule has 7 heteroatoms. The van der Waals surface area contributed by atoms with E-state index in [2.05, 4.69) is 19.1 Å². The van der Waals surface area contributed by atoms with E-state index >= 15 is 0 Å². The fraction of sp³-hybridized carbons (Fsp3) is 0.429. The molecule has 6 nitrogen and oxygen atoms in total. The number of hydrogen-bond donors (Lipinski definition) is 0. The van der Waals surface area contributed by atoms with Crippen LogP contribution in [-0.4, -0.2) is 29.7 Å². The number of hydrogen-bond acceptors (Lipinski definition) is 4. The van der Waals surface area contributed by atoms with Gasteiger partial charge in [0.2, 0.25) is 10.0 Å². The molecule has 28 heavy (non-hydrogen) atoms. The molecule has 0 radical (unpaired) electrons. The molecule has 1 atom stereocenters. The molecule has 1 heterocycles. The van der Waals surface area contributed by atoms with Crippen molar-refractivity contribution in [2.24, 2.45) is 0 Å². The van der Waals surface area contributed by atoms with Gasteiger partial charge in [0.25, 0.3) is 5.69 Å². The van der Waals surface area contributed by atoms with Gasteiger partial charge < -0.3 is 0 Å². The molecular formula is C21H26N2O4S. The minimum Gasteiger partial charge on any atom is -0.258 e. The number of nitro benzene ring substituents is 1. The van der Waals surface area contributed by atoms with Crippen LogP contribution in [-0.2, 0) is 10.0 Å². The van der Waals surface area contributed by atoms with Crippen molar-refractivity contribution in [1.29, 1.82) is 0 Å². The number of nitrogens with zero attached hydrogens (tertiary/aromatic N) is 2. The zero-order valence-electron chi connectivity index (χ0n) is 16.5. The average molecular weight is 403 g/mol. The maximum Gasteiger partial charge on any atom is 0.269 e. The van der Waals surface area contributed by atoms with Gasteiger partial charge in [-0.3, -0.25) is 10.1 Å². The number of aryl methyl sites for hydroxylation is 1. The first-order chi connectivity index (χ1) is 13.2. The van der Waals surface area contributed by atoms with E-state index in [-0.39, 0.29) is 16.5 Å². The van der Waals surface area contributed by atoms with Gasteiger partial charge in [0, 0.05) is 24.2 Å². The minimum absolute atomic E-state index is 0.106. The van der Waals surface area contributed by atoms with Gasteiger partial charge >= 0.3 is 0 Å². The predicted octanol–water partition coefficient (Wildman–Crippen LogP) is 4.64. The smallest absolute Gasteiger partial charge is 0.258 e. The van der Waals surface area contributed by atoms with E-state index in [1.165, 1.54) is 35.4 Å². The molecule has 0 saturated carbocycles. The Hall–Kier alpha value is -2.25. The molecule has 1 saturated heterocycles. The Labute approximate surface area is 166 Å². The van der Waals surface area contributed by atoms with Gasteiger partial charge in [-0.25, -0.2) is 8.42 Å². The summed E-state index contributed by atoms with van der Waals surface area (Å²) in [5, 5.41) is 10.9. The number of nitro groups is 1. The highest BCUT2D eigenvalue weighted by atomic mass is 32.2. The number of sulfonamides is 1. The molecular weight excluding hydrogens is 376 g/mol. The molecule has 3 rings (SSSR count). The lowest BCUT2D eigenvalue weighted by Crippen LogP contribution is -2.46. The molecule has 1 aliphatic heterocycles. The fourth-order valence-corrected chi connectivity index (χ4v) is 6.34. The second-order valence-electron chi connectivity index (χ2n) is 7.48. The second-order valence-corrected chi connectivity index (χ2v) is 9.34. The highest BCUT2D eigenvalue weighted by molar-refractivity contribution is 7.89. The maximum atomic E-state index is 13.5. The van der Waals surface area contributed by atoms with Crippen LogP contribution in [0.15, 0.2) is 53.4 Å². The van der Waals surface area contributed by atoms with Crippen LogP contribution in [0.5, 0.6) is 0 Å². The first-order valence-electron chi connectivity index (χ1n) is 9.58. The van der Waals surface area contributed by atoms with Crippen molar-refractivity contribution in [3.8, 4) is 0 Å². The summed E-state index contributed by atoms with van der Waals surface area (Å²) >= 11 is 0. The molecule has 0 spiro atoms. The summed E-state index contributed by atoms with van der Waals surface area (Å²) in [4.78, 5) is 10.5. The topological polar surface area (TPSA) is 80.5 Å². The third kappa shape index (κ3) is 3.44. The largest absolute Gasteiger partial charge is 0.269 e. The van der Waals surface area contributed by atoms with Crippen LogP contribution in [0.2, 0.25) is 0 Å². The number of benzene rings is 2. The van der Waals surface area contributed by atoms with Crippen molar-refractivity contribution in [2.75, 3.05) is 6.54 Å². The molecule has 0 bridgehead atoms. The Morgan fingerprint density at radius 3 is 2.25 bits per heavy atom. The molecule has 2 aromatic carbocycles. The number of non-ortho nitro benzene ring substituents is 1. The van der Waals surface area contributed by atoms with Gasteiger partial charge in [-0.15, -0.1) is 0 Å². The zero-order chi connectivity index (χ0) is 20.5. The summed E-state index contributed by atoms with van der Waals surface area (Å²) in [6.45, 7) is 6.54. The van der Waals surface area contributed by atoms with Crippen LogP contribution < -0.4 is 0 Å². The van der Waals surface area contributed by atoms with E-state index in [0.29, 0.717) is 6.54 Å². The zero-order valence-corrected chi connectivity index (χ0v) is 17.3. The van der Waals surface area contributed by atoms with Crippen LogP contribution in [0.4, 0.5) is 5.69 Å². The molecule has 1 fully saturated rings. The first kappa shape index (κ1) is 20.5. The van der Waals surface area contributed by atoms with E-state index < -0.39 is 20.5 Å². The number of rotatable bonds is 6. The van der Waals surface area contributed by atoms with E-state index in [1.807, 2.05) is 26.0 Å². The van der Waals surface area contributed by atoms with Crippen molar-refractivity contribution < 1.29 is 13.3 Å². The fourth-order valence-electron chi connectivity index (χ4n) is 4.38. The van der Waals surface area contributed by atoms with Crippen LogP contribution in [0, 0.1) is 17.0 Å². The lowest BCUT2D eigenvalue weighted by Gasteiger charge is -2.36.